The number of ether oxygens (including phenoxy) is 1. The molecule has 1 aromatic heterocycles. The molecule has 0 unspecified atom stereocenters. The van der Waals surface area contributed by atoms with Crippen molar-refractivity contribution in [3.63, 3.8) is 0 Å². The monoisotopic (exact) mass is 317 g/mol. The Kier molecular flexibility index (Phi) is 3.52. The molecule has 1 saturated heterocycles. The van der Waals surface area contributed by atoms with Gasteiger partial charge in [0.15, 0.2) is 5.69 Å². The third-order valence-corrected chi connectivity index (χ3v) is 5.31. The summed E-state index contributed by atoms with van der Waals surface area (Å²) in [6, 6.07) is 0. The highest BCUT2D eigenvalue weighted by Crippen LogP contribution is 2.57. The maximum absolute atomic E-state index is 12.6. The van der Waals surface area contributed by atoms with Crippen LogP contribution < -0.4 is 5.32 Å². The second kappa shape index (κ2) is 5.33. The average Bonchev–Trinajstić information content (AvgIpc) is 2.99. The predicted molar refractivity (Wildman–Crippen MR) is 87.5 cm³/mol. The van der Waals surface area contributed by atoms with E-state index >= 15 is 0 Å². The van der Waals surface area contributed by atoms with Crippen molar-refractivity contribution < 1.29 is 9.53 Å². The van der Waals surface area contributed by atoms with Gasteiger partial charge in [0, 0.05) is 42.5 Å². The van der Waals surface area contributed by atoms with E-state index in [0.29, 0.717) is 17.5 Å². The molecule has 126 valence electrons. The fourth-order valence-electron chi connectivity index (χ4n) is 4.09. The van der Waals surface area contributed by atoms with Gasteiger partial charge in [0.25, 0.3) is 5.91 Å². The number of nitrogens with zero attached hydrogens (tertiary/aromatic N) is 2. The van der Waals surface area contributed by atoms with Crippen molar-refractivity contribution in [2.75, 3.05) is 13.2 Å². The summed E-state index contributed by atoms with van der Waals surface area (Å²) in [7, 11) is 0. The SMILES string of the molecule is CC(C)(C)NC(=O)c1nn(CC2CCOCC2)c2c1C[C@H]1C[C@@H]21. The molecule has 2 atom stereocenters. The van der Waals surface area contributed by atoms with Crippen molar-refractivity contribution in [3.05, 3.63) is 17.0 Å². The Morgan fingerprint density at radius 3 is 2.78 bits per heavy atom. The Morgan fingerprint density at radius 2 is 2.09 bits per heavy atom. The Bertz CT molecular complexity index is 623. The molecule has 1 amide bonds. The standard InChI is InChI=1S/C18H27N3O2/c1-18(2,3)19-17(22)15-14-9-12-8-13(12)16(14)21(20-15)10-11-4-6-23-7-5-11/h11-13H,4-10H2,1-3H3,(H,19,22)/t12-,13-/m1/s1. The van der Waals surface area contributed by atoms with E-state index < -0.39 is 0 Å². The predicted octanol–water partition coefficient (Wildman–Crippen LogP) is 2.50. The minimum atomic E-state index is -0.226. The first-order valence-electron chi connectivity index (χ1n) is 8.92. The fourth-order valence-corrected chi connectivity index (χ4v) is 4.09. The van der Waals surface area contributed by atoms with Gasteiger partial charge in [-0.1, -0.05) is 0 Å². The second-order valence-corrected chi connectivity index (χ2v) is 8.46. The van der Waals surface area contributed by atoms with Gasteiger partial charge < -0.3 is 10.1 Å². The molecule has 0 bridgehead atoms. The van der Waals surface area contributed by atoms with Crippen LogP contribution in [0.1, 0.15) is 67.7 Å². The summed E-state index contributed by atoms with van der Waals surface area (Å²) in [5, 5.41) is 7.83. The van der Waals surface area contributed by atoms with Gasteiger partial charge in [-0.05, 0) is 58.3 Å². The fraction of sp³-hybridized carbons (Fsp3) is 0.778. The smallest absolute Gasteiger partial charge is 0.272 e. The van der Waals surface area contributed by atoms with Gasteiger partial charge in [-0.2, -0.15) is 5.10 Å². The molecule has 2 aliphatic carbocycles. The van der Waals surface area contributed by atoms with Crippen molar-refractivity contribution in [2.24, 2.45) is 11.8 Å². The number of hydrogen-bond acceptors (Lipinski definition) is 3. The molecular formula is C18H27N3O2. The first-order valence-corrected chi connectivity index (χ1v) is 8.92. The van der Waals surface area contributed by atoms with Gasteiger partial charge in [-0.3, -0.25) is 9.48 Å². The number of carbonyl (C=O) groups excluding carboxylic acids is 1. The number of fused-ring (bicyclic) bond motifs is 3. The first kappa shape index (κ1) is 15.2. The molecule has 1 aromatic rings. The van der Waals surface area contributed by atoms with Gasteiger partial charge in [-0.15, -0.1) is 0 Å². The Morgan fingerprint density at radius 1 is 1.35 bits per heavy atom. The molecule has 1 aliphatic heterocycles. The lowest BCUT2D eigenvalue weighted by atomic mass is 10.0. The highest BCUT2D eigenvalue weighted by molar-refractivity contribution is 5.94. The maximum atomic E-state index is 12.6. The molecule has 23 heavy (non-hydrogen) atoms. The van der Waals surface area contributed by atoms with Crippen LogP contribution in [0.4, 0.5) is 0 Å². The van der Waals surface area contributed by atoms with E-state index in [1.165, 1.54) is 17.7 Å². The maximum Gasteiger partial charge on any atom is 0.272 e. The van der Waals surface area contributed by atoms with Crippen LogP contribution >= 0.6 is 0 Å². The van der Waals surface area contributed by atoms with E-state index in [1.807, 2.05) is 20.8 Å². The summed E-state index contributed by atoms with van der Waals surface area (Å²) in [6.45, 7) is 8.71. The van der Waals surface area contributed by atoms with Crippen LogP contribution in [0.3, 0.4) is 0 Å². The summed E-state index contributed by atoms with van der Waals surface area (Å²) in [6.07, 6.45) is 4.53. The summed E-state index contributed by atoms with van der Waals surface area (Å²) in [5.74, 6) is 2.04. The van der Waals surface area contributed by atoms with Gasteiger partial charge >= 0.3 is 0 Å². The number of aromatic nitrogens is 2. The van der Waals surface area contributed by atoms with E-state index in [-0.39, 0.29) is 11.4 Å². The minimum absolute atomic E-state index is 0.0132. The van der Waals surface area contributed by atoms with Crippen molar-refractivity contribution in [3.8, 4) is 0 Å². The molecule has 5 heteroatoms. The van der Waals surface area contributed by atoms with Crippen LogP contribution in [0.2, 0.25) is 0 Å². The van der Waals surface area contributed by atoms with Crippen LogP contribution in [-0.4, -0.2) is 34.4 Å². The number of rotatable bonds is 3. The van der Waals surface area contributed by atoms with E-state index in [4.69, 9.17) is 9.84 Å². The molecule has 0 spiro atoms. The van der Waals surface area contributed by atoms with Crippen molar-refractivity contribution in [1.82, 2.24) is 15.1 Å². The lowest BCUT2D eigenvalue weighted by Gasteiger charge is -2.22. The van der Waals surface area contributed by atoms with Gasteiger partial charge in [0.1, 0.15) is 0 Å². The summed E-state index contributed by atoms with van der Waals surface area (Å²) < 4.78 is 7.63. The van der Waals surface area contributed by atoms with E-state index in [2.05, 4.69) is 10.00 Å². The Labute approximate surface area is 137 Å². The summed E-state index contributed by atoms with van der Waals surface area (Å²) >= 11 is 0. The molecule has 2 heterocycles. The van der Waals surface area contributed by atoms with Crippen LogP contribution in [0.15, 0.2) is 0 Å². The van der Waals surface area contributed by atoms with Crippen LogP contribution in [0.5, 0.6) is 0 Å². The highest BCUT2D eigenvalue weighted by Gasteiger charge is 2.50. The van der Waals surface area contributed by atoms with E-state index in [1.54, 1.807) is 0 Å². The highest BCUT2D eigenvalue weighted by atomic mass is 16.5. The first-order chi connectivity index (χ1) is 10.9. The van der Waals surface area contributed by atoms with Gasteiger partial charge in [0.05, 0.1) is 0 Å². The average molecular weight is 317 g/mol. The Hall–Kier alpha value is -1.36. The molecular weight excluding hydrogens is 290 g/mol. The summed E-state index contributed by atoms with van der Waals surface area (Å²) in [4.78, 5) is 12.6. The zero-order chi connectivity index (χ0) is 16.2. The van der Waals surface area contributed by atoms with Crippen LogP contribution in [0, 0.1) is 11.8 Å². The van der Waals surface area contributed by atoms with Gasteiger partial charge in [0.2, 0.25) is 0 Å². The van der Waals surface area contributed by atoms with Crippen molar-refractivity contribution in [1.29, 1.82) is 0 Å². The molecule has 2 fully saturated rings. The summed E-state index contributed by atoms with van der Waals surface area (Å²) in [5.41, 5.74) is 3.03. The largest absolute Gasteiger partial charge is 0.381 e. The number of nitrogens with one attached hydrogen (secondary N) is 1. The molecule has 0 aromatic carbocycles. The zero-order valence-corrected chi connectivity index (χ0v) is 14.4. The third-order valence-electron chi connectivity index (χ3n) is 5.31. The third kappa shape index (κ3) is 2.91. The molecule has 1 saturated carbocycles. The number of hydrogen-bond donors (Lipinski definition) is 1. The lowest BCUT2D eigenvalue weighted by molar-refractivity contribution is 0.0597. The van der Waals surface area contributed by atoms with Crippen LogP contribution in [0.25, 0.3) is 0 Å². The van der Waals surface area contributed by atoms with E-state index in [9.17, 15) is 4.79 Å². The second-order valence-electron chi connectivity index (χ2n) is 8.46. The Balaban J connectivity index is 1.60. The molecule has 5 nitrogen and oxygen atoms in total. The van der Waals surface area contributed by atoms with Gasteiger partial charge in [-0.25, -0.2) is 0 Å². The molecule has 3 aliphatic rings. The quantitative estimate of drug-likeness (QED) is 0.932. The lowest BCUT2D eigenvalue weighted by Crippen LogP contribution is -2.41. The minimum Gasteiger partial charge on any atom is -0.381 e. The molecule has 0 radical (unpaired) electrons. The van der Waals surface area contributed by atoms with E-state index in [0.717, 1.165) is 44.9 Å². The topological polar surface area (TPSA) is 56.2 Å². The van der Waals surface area contributed by atoms with Crippen molar-refractivity contribution in [2.45, 2.75) is 64.5 Å². The zero-order valence-electron chi connectivity index (χ0n) is 14.4. The number of amides is 1. The molecule has 4 rings (SSSR count). The normalized spacial score (nSPS) is 26.7. The van der Waals surface area contributed by atoms with Crippen LogP contribution in [-0.2, 0) is 17.7 Å². The number of carbonyl (C=O) groups is 1. The van der Waals surface area contributed by atoms with Crippen molar-refractivity contribution >= 4 is 5.91 Å². The molecule has 1 N–H and O–H groups in total.